The number of halogens is 3. The molecule has 1 rings (SSSR count). The summed E-state index contributed by atoms with van der Waals surface area (Å²) in [5.74, 6) is -3.98. The molecule has 1 atom stereocenters. The van der Waals surface area contributed by atoms with E-state index in [1.165, 1.54) is 0 Å². The molecule has 3 N–H and O–H groups in total. The van der Waals surface area contributed by atoms with Crippen LogP contribution >= 0.6 is 0 Å². The summed E-state index contributed by atoms with van der Waals surface area (Å²) in [5.41, 5.74) is -1.20. The van der Waals surface area contributed by atoms with Gasteiger partial charge in [-0.2, -0.15) is 18.3 Å². The number of aliphatic carboxylic acids is 2. The van der Waals surface area contributed by atoms with Gasteiger partial charge in [0.15, 0.2) is 5.69 Å². The molecular weight excluding hydrogens is 299 g/mol. The SMILES string of the molecule is O=C(O)C[C@H](NC(=O)Cn1ccc(C(F)(F)F)n1)C(=O)O. The van der Waals surface area contributed by atoms with E-state index in [9.17, 15) is 27.6 Å². The molecule has 0 fully saturated rings. The minimum Gasteiger partial charge on any atom is -0.481 e. The van der Waals surface area contributed by atoms with Crippen LogP contribution in [0.4, 0.5) is 13.2 Å². The van der Waals surface area contributed by atoms with Gasteiger partial charge in [0.1, 0.15) is 12.6 Å². The fourth-order valence-electron chi connectivity index (χ4n) is 1.36. The first kappa shape index (κ1) is 16.5. The highest BCUT2D eigenvalue weighted by molar-refractivity contribution is 5.86. The molecule has 0 aliphatic rings. The molecule has 0 aromatic carbocycles. The van der Waals surface area contributed by atoms with E-state index in [0.29, 0.717) is 10.7 Å². The molecule has 1 amide bonds. The highest BCUT2D eigenvalue weighted by atomic mass is 19.4. The van der Waals surface area contributed by atoms with Crippen LogP contribution in [0.1, 0.15) is 12.1 Å². The quantitative estimate of drug-likeness (QED) is 0.677. The van der Waals surface area contributed by atoms with Gasteiger partial charge in [-0.15, -0.1) is 0 Å². The first-order chi connectivity index (χ1) is 9.59. The maximum absolute atomic E-state index is 12.3. The first-order valence-electron chi connectivity index (χ1n) is 5.44. The Kier molecular flexibility index (Phi) is 4.89. The lowest BCUT2D eigenvalue weighted by molar-refractivity contribution is -0.147. The summed E-state index contributed by atoms with van der Waals surface area (Å²) in [6, 6.07) is -1.02. The lowest BCUT2D eigenvalue weighted by Gasteiger charge is -2.12. The summed E-state index contributed by atoms with van der Waals surface area (Å²) in [5, 5.41) is 22.2. The van der Waals surface area contributed by atoms with Crippen LogP contribution in [0, 0.1) is 0 Å². The van der Waals surface area contributed by atoms with E-state index < -0.39 is 48.7 Å². The predicted molar refractivity (Wildman–Crippen MR) is 59.0 cm³/mol. The molecule has 8 nitrogen and oxygen atoms in total. The van der Waals surface area contributed by atoms with Gasteiger partial charge >= 0.3 is 18.1 Å². The molecule has 0 radical (unpaired) electrons. The molecule has 11 heteroatoms. The summed E-state index contributed by atoms with van der Waals surface area (Å²) < 4.78 is 37.5. The Morgan fingerprint density at radius 1 is 1.33 bits per heavy atom. The first-order valence-corrected chi connectivity index (χ1v) is 5.44. The molecule has 21 heavy (non-hydrogen) atoms. The minimum absolute atomic E-state index is 0.652. The van der Waals surface area contributed by atoms with Gasteiger partial charge in [0.05, 0.1) is 6.42 Å². The molecule has 0 spiro atoms. The van der Waals surface area contributed by atoms with Gasteiger partial charge in [-0.05, 0) is 6.07 Å². The Morgan fingerprint density at radius 3 is 2.38 bits per heavy atom. The van der Waals surface area contributed by atoms with Crippen LogP contribution in [0.2, 0.25) is 0 Å². The van der Waals surface area contributed by atoms with Gasteiger partial charge in [0.25, 0.3) is 0 Å². The molecule has 0 unspecified atom stereocenters. The Hall–Kier alpha value is -2.59. The Labute approximate surface area is 115 Å². The summed E-state index contributed by atoms with van der Waals surface area (Å²) in [6.45, 7) is -0.667. The van der Waals surface area contributed by atoms with Crippen LogP contribution < -0.4 is 5.32 Å². The maximum atomic E-state index is 12.3. The number of hydrogen-bond acceptors (Lipinski definition) is 4. The summed E-state index contributed by atoms with van der Waals surface area (Å²) in [4.78, 5) is 32.6. The average molecular weight is 309 g/mol. The number of nitrogens with zero attached hydrogens (tertiary/aromatic N) is 2. The van der Waals surface area contributed by atoms with Crippen LogP contribution in [0.5, 0.6) is 0 Å². The molecular formula is C10H10F3N3O5. The van der Waals surface area contributed by atoms with Gasteiger partial charge in [0, 0.05) is 6.20 Å². The molecule has 0 aliphatic heterocycles. The van der Waals surface area contributed by atoms with Crippen molar-refractivity contribution in [3.63, 3.8) is 0 Å². The number of carboxylic acids is 2. The van der Waals surface area contributed by atoms with Gasteiger partial charge < -0.3 is 15.5 Å². The number of alkyl halides is 3. The van der Waals surface area contributed by atoms with Crippen LogP contribution in [0.15, 0.2) is 12.3 Å². The van der Waals surface area contributed by atoms with Crippen LogP contribution in [-0.4, -0.2) is 43.9 Å². The van der Waals surface area contributed by atoms with Crippen molar-refractivity contribution in [3.05, 3.63) is 18.0 Å². The van der Waals surface area contributed by atoms with E-state index in [0.717, 1.165) is 6.20 Å². The number of carbonyl (C=O) groups is 3. The van der Waals surface area contributed by atoms with E-state index in [1.54, 1.807) is 0 Å². The topological polar surface area (TPSA) is 122 Å². The number of rotatable bonds is 6. The third-order valence-electron chi connectivity index (χ3n) is 2.25. The van der Waals surface area contributed by atoms with Crippen molar-refractivity contribution in [1.29, 1.82) is 0 Å². The standard InChI is InChI=1S/C10H10F3N3O5/c11-10(12,13)6-1-2-16(15-6)4-7(17)14-5(9(20)21)3-8(18)19/h1-2,5H,3-4H2,(H,14,17)(H,18,19)(H,20,21)/t5-/m0/s1. The third-order valence-corrected chi connectivity index (χ3v) is 2.25. The lowest BCUT2D eigenvalue weighted by Crippen LogP contribution is -2.43. The van der Waals surface area contributed by atoms with Crippen molar-refractivity contribution in [2.75, 3.05) is 0 Å². The van der Waals surface area contributed by atoms with Crippen molar-refractivity contribution in [3.8, 4) is 0 Å². The van der Waals surface area contributed by atoms with Gasteiger partial charge in [-0.1, -0.05) is 0 Å². The zero-order valence-electron chi connectivity index (χ0n) is 10.3. The average Bonchev–Trinajstić information content (AvgIpc) is 2.75. The Morgan fingerprint density at radius 2 is 1.95 bits per heavy atom. The molecule has 0 saturated carbocycles. The van der Waals surface area contributed by atoms with E-state index in [-0.39, 0.29) is 0 Å². The largest absolute Gasteiger partial charge is 0.481 e. The second-order valence-electron chi connectivity index (χ2n) is 3.95. The summed E-state index contributed by atoms with van der Waals surface area (Å²) >= 11 is 0. The zero-order valence-corrected chi connectivity index (χ0v) is 10.3. The van der Waals surface area contributed by atoms with Crippen molar-refractivity contribution in [2.45, 2.75) is 25.2 Å². The van der Waals surface area contributed by atoms with Crippen LogP contribution in [-0.2, 0) is 27.1 Å². The molecule has 0 aliphatic carbocycles. The van der Waals surface area contributed by atoms with Crippen molar-refractivity contribution < 1.29 is 37.8 Å². The second-order valence-corrected chi connectivity index (χ2v) is 3.95. The zero-order chi connectivity index (χ0) is 16.2. The van der Waals surface area contributed by atoms with E-state index >= 15 is 0 Å². The molecule has 1 heterocycles. The van der Waals surface area contributed by atoms with E-state index in [2.05, 4.69) is 5.10 Å². The number of aromatic nitrogens is 2. The fourth-order valence-corrected chi connectivity index (χ4v) is 1.36. The van der Waals surface area contributed by atoms with Crippen molar-refractivity contribution in [2.24, 2.45) is 0 Å². The third kappa shape index (κ3) is 5.12. The van der Waals surface area contributed by atoms with Gasteiger partial charge in [-0.3, -0.25) is 14.3 Å². The Bertz CT molecular complexity index is 554. The Balaban J connectivity index is 2.66. The number of nitrogens with one attached hydrogen (secondary N) is 1. The van der Waals surface area contributed by atoms with E-state index in [1.807, 2.05) is 5.32 Å². The summed E-state index contributed by atoms with van der Waals surface area (Å²) in [6.07, 6.45) is -4.61. The lowest BCUT2D eigenvalue weighted by atomic mass is 10.2. The van der Waals surface area contributed by atoms with Gasteiger partial charge in [0.2, 0.25) is 5.91 Å². The molecule has 1 aromatic heterocycles. The number of hydrogen-bond donors (Lipinski definition) is 3. The molecule has 0 bridgehead atoms. The second kappa shape index (κ2) is 6.24. The highest BCUT2D eigenvalue weighted by Crippen LogP contribution is 2.27. The molecule has 0 saturated heterocycles. The van der Waals surface area contributed by atoms with Crippen LogP contribution in [0.3, 0.4) is 0 Å². The van der Waals surface area contributed by atoms with Crippen LogP contribution in [0.25, 0.3) is 0 Å². The highest BCUT2D eigenvalue weighted by Gasteiger charge is 2.33. The van der Waals surface area contributed by atoms with Crippen molar-refractivity contribution in [1.82, 2.24) is 15.1 Å². The molecule has 1 aromatic rings. The van der Waals surface area contributed by atoms with Gasteiger partial charge in [-0.25, -0.2) is 4.79 Å². The number of carbonyl (C=O) groups excluding carboxylic acids is 1. The number of carboxylic acid groups (broad SMARTS) is 2. The smallest absolute Gasteiger partial charge is 0.435 e. The normalized spacial score (nSPS) is 12.7. The predicted octanol–water partition coefficient (Wildman–Crippen LogP) is -0.0540. The van der Waals surface area contributed by atoms with Crippen molar-refractivity contribution >= 4 is 17.8 Å². The maximum Gasteiger partial charge on any atom is 0.435 e. The number of amides is 1. The fraction of sp³-hybridized carbons (Fsp3) is 0.400. The monoisotopic (exact) mass is 309 g/mol. The summed E-state index contributed by atoms with van der Waals surface area (Å²) in [7, 11) is 0. The molecule has 116 valence electrons. The minimum atomic E-state index is -4.66. The van der Waals surface area contributed by atoms with E-state index in [4.69, 9.17) is 10.2 Å².